The zero-order valence-corrected chi connectivity index (χ0v) is 14.9. The number of carbonyl (C=O) groups excluding carboxylic acids is 1. The van der Waals surface area contributed by atoms with Gasteiger partial charge in [-0.2, -0.15) is 0 Å². The maximum absolute atomic E-state index is 12.4. The zero-order chi connectivity index (χ0) is 17.0. The Kier molecular flexibility index (Phi) is 6.28. The molecule has 1 amide bonds. The molecule has 2 N–H and O–H groups in total. The minimum absolute atomic E-state index is 0.0491. The van der Waals surface area contributed by atoms with Crippen molar-refractivity contribution < 1.29 is 19.4 Å². The Hall–Kier alpha value is -0.850. The van der Waals surface area contributed by atoms with Gasteiger partial charge in [0.25, 0.3) is 0 Å². The number of nitrogens with zero attached hydrogens (tertiary/aromatic N) is 1. The predicted octanol–water partition coefficient (Wildman–Crippen LogP) is 1.76. The van der Waals surface area contributed by atoms with Crippen LogP contribution in [0, 0.1) is 5.92 Å². The molecule has 0 bridgehead atoms. The summed E-state index contributed by atoms with van der Waals surface area (Å²) in [7, 11) is 0. The lowest BCUT2D eigenvalue weighted by Gasteiger charge is -2.38. The van der Waals surface area contributed by atoms with Gasteiger partial charge in [0.1, 0.15) is 5.60 Å². The molecule has 6 heteroatoms. The number of aliphatic hydroxyl groups is 1. The fourth-order valence-corrected chi connectivity index (χ4v) is 3.14. The van der Waals surface area contributed by atoms with Crippen molar-refractivity contribution in [2.45, 2.75) is 70.7 Å². The maximum atomic E-state index is 12.4. The third-order valence-electron chi connectivity index (χ3n) is 4.45. The SMILES string of the molecule is CC(CC1COCCN1C(=O)OC(C)(C)C)NCC1CC(O)C1. The number of amides is 1. The molecular formula is C17H32N2O4. The van der Waals surface area contributed by atoms with Crippen molar-refractivity contribution in [3.63, 3.8) is 0 Å². The van der Waals surface area contributed by atoms with Crippen LogP contribution in [0.4, 0.5) is 4.79 Å². The van der Waals surface area contributed by atoms with Gasteiger partial charge in [-0.25, -0.2) is 4.79 Å². The Bertz CT molecular complexity index is 391. The van der Waals surface area contributed by atoms with Crippen molar-refractivity contribution in [3.8, 4) is 0 Å². The van der Waals surface area contributed by atoms with E-state index in [0.29, 0.717) is 31.7 Å². The van der Waals surface area contributed by atoms with Crippen LogP contribution in [0.5, 0.6) is 0 Å². The summed E-state index contributed by atoms with van der Waals surface area (Å²) in [6, 6.07) is 0.345. The Balaban J connectivity index is 1.79. The molecule has 0 aromatic heterocycles. The molecule has 1 saturated carbocycles. The molecule has 6 nitrogen and oxygen atoms in total. The first-order valence-electron chi connectivity index (χ1n) is 8.73. The fourth-order valence-electron chi connectivity index (χ4n) is 3.14. The smallest absolute Gasteiger partial charge is 0.410 e. The minimum atomic E-state index is -0.477. The lowest BCUT2D eigenvalue weighted by atomic mass is 9.82. The number of nitrogens with one attached hydrogen (secondary N) is 1. The van der Waals surface area contributed by atoms with E-state index in [2.05, 4.69) is 12.2 Å². The van der Waals surface area contributed by atoms with Gasteiger partial charge in [0, 0.05) is 12.6 Å². The monoisotopic (exact) mass is 328 g/mol. The van der Waals surface area contributed by atoms with Crippen molar-refractivity contribution in [3.05, 3.63) is 0 Å². The van der Waals surface area contributed by atoms with Gasteiger partial charge in [-0.15, -0.1) is 0 Å². The molecule has 0 aromatic carbocycles. The van der Waals surface area contributed by atoms with Crippen LogP contribution in [0.2, 0.25) is 0 Å². The summed E-state index contributed by atoms with van der Waals surface area (Å²) in [5, 5.41) is 12.8. The number of hydrogen-bond acceptors (Lipinski definition) is 5. The maximum Gasteiger partial charge on any atom is 0.410 e. The van der Waals surface area contributed by atoms with Crippen molar-refractivity contribution in [2.75, 3.05) is 26.3 Å². The van der Waals surface area contributed by atoms with Crippen LogP contribution in [0.1, 0.15) is 47.0 Å². The van der Waals surface area contributed by atoms with E-state index >= 15 is 0 Å². The predicted molar refractivity (Wildman–Crippen MR) is 88.4 cm³/mol. The Morgan fingerprint density at radius 2 is 2.13 bits per heavy atom. The zero-order valence-electron chi connectivity index (χ0n) is 14.9. The van der Waals surface area contributed by atoms with Crippen molar-refractivity contribution >= 4 is 6.09 Å². The minimum Gasteiger partial charge on any atom is -0.444 e. The van der Waals surface area contributed by atoms with Gasteiger partial charge in [-0.05, 0) is 59.4 Å². The summed E-state index contributed by atoms with van der Waals surface area (Å²) in [5.41, 5.74) is -0.477. The Morgan fingerprint density at radius 3 is 2.74 bits per heavy atom. The number of carbonyl (C=O) groups is 1. The molecule has 134 valence electrons. The number of ether oxygens (including phenoxy) is 2. The van der Waals surface area contributed by atoms with E-state index in [1.54, 1.807) is 4.90 Å². The van der Waals surface area contributed by atoms with Gasteiger partial charge in [-0.1, -0.05) is 0 Å². The van der Waals surface area contributed by atoms with Crippen molar-refractivity contribution in [2.24, 2.45) is 5.92 Å². The van der Waals surface area contributed by atoms with Gasteiger partial charge in [0.05, 0.1) is 25.4 Å². The highest BCUT2D eigenvalue weighted by molar-refractivity contribution is 5.68. The lowest BCUT2D eigenvalue weighted by Crippen LogP contribution is -2.52. The van der Waals surface area contributed by atoms with Gasteiger partial charge >= 0.3 is 6.09 Å². The van der Waals surface area contributed by atoms with Crippen LogP contribution in [0.25, 0.3) is 0 Å². The molecule has 1 saturated heterocycles. The van der Waals surface area contributed by atoms with E-state index in [0.717, 1.165) is 25.8 Å². The molecule has 2 rings (SSSR count). The van der Waals surface area contributed by atoms with Gasteiger partial charge in [0.2, 0.25) is 0 Å². The summed E-state index contributed by atoms with van der Waals surface area (Å²) >= 11 is 0. The summed E-state index contributed by atoms with van der Waals surface area (Å²) in [5.74, 6) is 0.581. The highest BCUT2D eigenvalue weighted by Gasteiger charge is 2.32. The fraction of sp³-hybridized carbons (Fsp3) is 0.941. The molecule has 0 radical (unpaired) electrons. The number of aliphatic hydroxyl groups excluding tert-OH is 1. The molecule has 2 atom stereocenters. The van der Waals surface area contributed by atoms with Crippen LogP contribution in [-0.4, -0.2) is 66.2 Å². The van der Waals surface area contributed by atoms with E-state index in [-0.39, 0.29) is 18.2 Å². The highest BCUT2D eigenvalue weighted by Crippen LogP contribution is 2.26. The largest absolute Gasteiger partial charge is 0.444 e. The molecule has 2 unspecified atom stereocenters. The standard InChI is InChI=1S/C17H32N2O4/c1-12(18-10-13-8-15(20)9-13)7-14-11-22-6-5-19(14)16(21)23-17(2,3)4/h12-15,18,20H,5-11H2,1-4H3. The van der Waals surface area contributed by atoms with E-state index < -0.39 is 5.60 Å². The normalized spacial score (nSPS) is 29.8. The molecule has 0 aromatic rings. The number of rotatable bonds is 5. The van der Waals surface area contributed by atoms with E-state index in [1.807, 2.05) is 20.8 Å². The average Bonchev–Trinajstić information content (AvgIpc) is 2.41. The number of morpholine rings is 1. The number of hydrogen-bond donors (Lipinski definition) is 2. The molecule has 1 aliphatic carbocycles. The van der Waals surface area contributed by atoms with Gasteiger partial charge < -0.3 is 24.8 Å². The summed E-state index contributed by atoms with van der Waals surface area (Å²) in [6.07, 6.45) is 2.29. The quantitative estimate of drug-likeness (QED) is 0.805. The molecule has 1 aliphatic heterocycles. The second-order valence-corrected chi connectivity index (χ2v) is 7.94. The molecule has 2 fully saturated rings. The Morgan fingerprint density at radius 1 is 1.43 bits per heavy atom. The van der Waals surface area contributed by atoms with Crippen LogP contribution in [-0.2, 0) is 9.47 Å². The molecule has 0 spiro atoms. The molecule has 23 heavy (non-hydrogen) atoms. The Labute approximate surface area is 139 Å². The first-order chi connectivity index (χ1) is 10.7. The van der Waals surface area contributed by atoms with Crippen molar-refractivity contribution in [1.29, 1.82) is 0 Å². The topological polar surface area (TPSA) is 71.0 Å². The second-order valence-electron chi connectivity index (χ2n) is 7.94. The van der Waals surface area contributed by atoms with Crippen molar-refractivity contribution in [1.82, 2.24) is 10.2 Å². The van der Waals surface area contributed by atoms with Gasteiger partial charge in [-0.3, -0.25) is 0 Å². The third kappa shape index (κ3) is 5.94. The molecule has 2 aliphatic rings. The third-order valence-corrected chi connectivity index (χ3v) is 4.45. The second kappa shape index (κ2) is 7.81. The van der Waals surface area contributed by atoms with E-state index in [4.69, 9.17) is 9.47 Å². The summed E-state index contributed by atoms with van der Waals surface area (Å²) in [6.45, 7) is 10.4. The van der Waals surface area contributed by atoms with Crippen LogP contribution in [0.15, 0.2) is 0 Å². The van der Waals surface area contributed by atoms with E-state index in [1.165, 1.54) is 0 Å². The molecular weight excluding hydrogens is 296 g/mol. The first kappa shape index (κ1) is 18.5. The van der Waals surface area contributed by atoms with E-state index in [9.17, 15) is 9.90 Å². The van der Waals surface area contributed by atoms with Crippen LogP contribution >= 0.6 is 0 Å². The summed E-state index contributed by atoms with van der Waals surface area (Å²) in [4.78, 5) is 14.2. The van der Waals surface area contributed by atoms with Crippen LogP contribution < -0.4 is 5.32 Å². The average molecular weight is 328 g/mol. The van der Waals surface area contributed by atoms with Crippen LogP contribution in [0.3, 0.4) is 0 Å². The first-order valence-corrected chi connectivity index (χ1v) is 8.73. The van der Waals surface area contributed by atoms with Gasteiger partial charge in [0.15, 0.2) is 0 Å². The highest BCUT2D eigenvalue weighted by atomic mass is 16.6. The molecule has 1 heterocycles. The summed E-state index contributed by atoms with van der Waals surface area (Å²) < 4.78 is 11.1. The lowest BCUT2D eigenvalue weighted by molar-refractivity contribution is -0.0359.